The minimum Gasteiger partial charge on any atom is -0.497 e. The van der Waals surface area contributed by atoms with Crippen molar-refractivity contribution in [3.63, 3.8) is 0 Å². The Labute approximate surface area is 134 Å². The molecule has 0 aliphatic heterocycles. The number of ether oxygens (including phenoxy) is 2. The predicted molar refractivity (Wildman–Crippen MR) is 90.3 cm³/mol. The summed E-state index contributed by atoms with van der Waals surface area (Å²) in [6, 6.07) is 14.4. The summed E-state index contributed by atoms with van der Waals surface area (Å²) in [5.74, 6) is 1.70. The van der Waals surface area contributed by atoms with Crippen molar-refractivity contribution in [1.82, 2.24) is 0 Å². The Morgan fingerprint density at radius 2 is 1.67 bits per heavy atom. The van der Waals surface area contributed by atoms with Crippen LogP contribution in [0.5, 0.6) is 11.5 Å². The van der Waals surface area contributed by atoms with Crippen LogP contribution in [0.15, 0.2) is 46.9 Å². The first-order valence-corrected chi connectivity index (χ1v) is 7.70. The number of hydrogen-bond donors (Lipinski definition) is 1. The maximum Gasteiger partial charge on any atom is 0.122 e. The van der Waals surface area contributed by atoms with Gasteiger partial charge in [-0.05, 0) is 36.2 Å². The highest BCUT2D eigenvalue weighted by Gasteiger charge is 2.10. The number of hydrogen-bond acceptors (Lipinski definition) is 3. The monoisotopic (exact) mass is 349 g/mol. The fourth-order valence-electron chi connectivity index (χ4n) is 2.22. The Morgan fingerprint density at radius 3 is 2.24 bits per heavy atom. The predicted octanol–water partition coefficient (Wildman–Crippen LogP) is 5.03. The molecule has 0 spiro atoms. The second-order valence-electron chi connectivity index (χ2n) is 4.76. The molecule has 0 bridgehead atoms. The molecule has 4 heteroatoms. The van der Waals surface area contributed by atoms with E-state index in [1.54, 1.807) is 14.2 Å². The van der Waals surface area contributed by atoms with Gasteiger partial charge < -0.3 is 14.8 Å². The smallest absolute Gasteiger partial charge is 0.122 e. The summed E-state index contributed by atoms with van der Waals surface area (Å²) >= 11 is 3.50. The van der Waals surface area contributed by atoms with Gasteiger partial charge in [0.25, 0.3) is 0 Å². The average molecular weight is 350 g/mol. The molecule has 0 saturated heterocycles. The highest BCUT2D eigenvalue weighted by atomic mass is 79.9. The lowest BCUT2D eigenvalue weighted by Crippen LogP contribution is -2.09. The van der Waals surface area contributed by atoms with Crippen LogP contribution in [0.2, 0.25) is 0 Å². The summed E-state index contributed by atoms with van der Waals surface area (Å²) in [7, 11) is 3.35. The topological polar surface area (TPSA) is 30.5 Å². The van der Waals surface area contributed by atoms with Gasteiger partial charge >= 0.3 is 0 Å². The van der Waals surface area contributed by atoms with E-state index in [2.05, 4.69) is 46.4 Å². The van der Waals surface area contributed by atoms with Crippen LogP contribution in [0, 0.1) is 0 Å². The second-order valence-corrected chi connectivity index (χ2v) is 5.67. The van der Waals surface area contributed by atoms with Gasteiger partial charge in [-0.15, -0.1) is 0 Å². The van der Waals surface area contributed by atoms with Crippen molar-refractivity contribution in [1.29, 1.82) is 0 Å². The van der Waals surface area contributed by atoms with E-state index in [1.807, 2.05) is 24.3 Å². The van der Waals surface area contributed by atoms with Crippen LogP contribution in [0.3, 0.4) is 0 Å². The van der Waals surface area contributed by atoms with E-state index in [1.165, 1.54) is 5.56 Å². The average Bonchev–Trinajstić information content (AvgIpc) is 2.52. The second kappa shape index (κ2) is 7.36. The number of anilines is 1. The molecule has 1 atom stereocenters. The molecular weight excluding hydrogens is 330 g/mol. The Bertz CT molecular complexity index is 584. The first-order valence-electron chi connectivity index (χ1n) is 6.91. The van der Waals surface area contributed by atoms with Crippen LogP contribution in [-0.2, 0) is 0 Å². The standard InChI is InChI=1S/C17H20BrNO2/c1-4-17(12-5-7-15(20-2)8-6-12)19-14-9-13(18)10-16(11-14)21-3/h5-11,17,19H,4H2,1-3H3. The van der Waals surface area contributed by atoms with Gasteiger partial charge in [0.2, 0.25) is 0 Å². The Morgan fingerprint density at radius 1 is 1.00 bits per heavy atom. The summed E-state index contributed by atoms with van der Waals surface area (Å²) in [5.41, 5.74) is 2.26. The normalized spacial score (nSPS) is 11.8. The van der Waals surface area contributed by atoms with E-state index in [0.717, 1.165) is 28.1 Å². The van der Waals surface area contributed by atoms with Gasteiger partial charge in [-0.1, -0.05) is 35.0 Å². The molecule has 0 amide bonds. The fraction of sp³-hybridized carbons (Fsp3) is 0.294. The number of halogens is 1. The zero-order valence-electron chi connectivity index (χ0n) is 12.5. The van der Waals surface area contributed by atoms with E-state index in [0.29, 0.717) is 0 Å². The molecular formula is C17H20BrNO2. The largest absolute Gasteiger partial charge is 0.497 e. The van der Waals surface area contributed by atoms with Crippen molar-refractivity contribution in [2.24, 2.45) is 0 Å². The van der Waals surface area contributed by atoms with Crippen molar-refractivity contribution in [3.05, 3.63) is 52.5 Å². The third kappa shape index (κ3) is 4.14. The molecule has 0 aliphatic carbocycles. The van der Waals surface area contributed by atoms with Crippen LogP contribution < -0.4 is 14.8 Å². The highest BCUT2D eigenvalue weighted by molar-refractivity contribution is 9.10. The first kappa shape index (κ1) is 15.7. The molecule has 0 aromatic heterocycles. The van der Waals surface area contributed by atoms with Gasteiger partial charge in [0.05, 0.1) is 20.3 Å². The fourth-order valence-corrected chi connectivity index (χ4v) is 2.69. The first-order chi connectivity index (χ1) is 10.2. The lowest BCUT2D eigenvalue weighted by molar-refractivity contribution is 0.414. The zero-order chi connectivity index (χ0) is 15.2. The number of benzene rings is 2. The molecule has 21 heavy (non-hydrogen) atoms. The lowest BCUT2D eigenvalue weighted by Gasteiger charge is -2.20. The van der Waals surface area contributed by atoms with Gasteiger partial charge in [-0.2, -0.15) is 0 Å². The summed E-state index contributed by atoms with van der Waals surface area (Å²) < 4.78 is 11.5. The quantitative estimate of drug-likeness (QED) is 0.793. The van der Waals surface area contributed by atoms with Crippen LogP contribution in [-0.4, -0.2) is 14.2 Å². The maximum absolute atomic E-state index is 5.30. The summed E-state index contributed by atoms with van der Waals surface area (Å²) in [5, 5.41) is 3.55. The van der Waals surface area contributed by atoms with Crippen molar-refractivity contribution in [2.45, 2.75) is 19.4 Å². The van der Waals surface area contributed by atoms with E-state index in [4.69, 9.17) is 9.47 Å². The lowest BCUT2D eigenvalue weighted by atomic mass is 10.0. The van der Waals surface area contributed by atoms with Crippen LogP contribution in [0.1, 0.15) is 24.9 Å². The van der Waals surface area contributed by atoms with Gasteiger partial charge in [0, 0.05) is 16.2 Å². The molecule has 2 rings (SSSR count). The Hall–Kier alpha value is -1.68. The molecule has 2 aromatic carbocycles. The number of methoxy groups -OCH3 is 2. The number of nitrogens with one attached hydrogen (secondary N) is 1. The van der Waals surface area contributed by atoms with Crippen molar-refractivity contribution in [3.8, 4) is 11.5 Å². The molecule has 0 fully saturated rings. The van der Waals surface area contributed by atoms with Crippen LogP contribution in [0.25, 0.3) is 0 Å². The summed E-state index contributed by atoms with van der Waals surface area (Å²) in [6.45, 7) is 2.16. The van der Waals surface area contributed by atoms with Crippen molar-refractivity contribution in [2.75, 3.05) is 19.5 Å². The third-order valence-corrected chi connectivity index (χ3v) is 3.83. The van der Waals surface area contributed by atoms with Crippen molar-refractivity contribution < 1.29 is 9.47 Å². The maximum atomic E-state index is 5.30. The van der Waals surface area contributed by atoms with E-state index < -0.39 is 0 Å². The summed E-state index contributed by atoms with van der Waals surface area (Å²) in [4.78, 5) is 0. The minimum atomic E-state index is 0.245. The number of rotatable bonds is 6. The van der Waals surface area contributed by atoms with Gasteiger partial charge in [-0.25, -0.2) is 0 Å². The molecule has 112 valence electrons. The molecule has 0 aliphatic rings. The highest BCUT2D eigenvalue weighted by Crippen LogP contribution is 2.29. The molecule has 3 nitrogen and oxygen atoms in total. The van der Waals surface area contributed by atoms with E-state index in [9.17, 15) is 0 Å². The van der Waals surface area contributed by atoms with Gasteiger partial charge in [0.15, 0.2) is 0 Å². The SMILES string of the molecule is CCC(Nc1cc(Br)cc(OC)c1)c1ccc(OC)cc1. The van der Waals surface area contributed by atoms with Crippen LogP contribution in [0.4, 0.5) is 5.69 Å². The molecule has 0 saturated carbocycles. The van der Waals surface area contributed by atoms with E-state index >= 15 is 0 Å². The zero-order valence-corrected chi connectivity index (χ0v) is 14.1. The van der Waals surface area contributed by atoms with Crippen molar-refractivity contribution >= 4 is 21.6 Å². The van der Waals surface area contributed by atoms with E-state index in [-0.39, 0.29) is 6.04 Å². The molecule has 1 N–H and O–H groups in total. The molecule has 1 unspecified atom stereocenters. The Kier molecular flexibility index (Phi) is 5.51. The Balaban J connectivity index is 2.19. The molecule has 2 aromatic rings. The molecule has 0 radical (unpaired) electrons. The van der Waals surface area contributed by atoms with Gasteiger partial charge in [0.1, 0.15) is 11.5 Å². The molecule has 0 heterocycles. The minimum absolute atomic E-state index is 0.245. The third-order valence-electron chi connectivity index (χ3n) is 3.37. The summed E-state index contributed by atoms with van der Waals surface area (Å²) in [6.07, 6.45) is 0.987. The van der Waals surface area contributed by atoms with Gasteiger partial charge in [-0.3, -0.25) is 0 Å². The van der Waals surface area contributed by atoms with Crippen LogP contribution >= 0.6 is 15.9 Å².